The Morgan fingerprint density at radius 1 is 1.26 bits per heavy atom. The fraction of sp³-hybridized carbons (Fsp3) is 0.125. The Labute approximate surface area is 149 Å². The number of nitro groups is 1. The van der Waals surface area contributed by atoms with Crippen LogP contribution in [0.3, 0.4) is 0 Å². The van der Waals surface area contributed by atoms with Crippen molar-refractivity contribution < 1.29 is 27.3 Å². The normalized spacial score (nSPS) is 11.4. The van der Waals surface area contributed by atoms with E-state index in [1.807, 2.05) is 0 Å². The van der Waals surface area contributed by atoms with Crippen molar-refractivity contribution in [2.75, 3.05) is 0 Å². The lowest BCUT2D eigenvalue weighted by Crippen LogP contribution is -2.26. The van der Waals surface area contributed by atoms with Gasteiger partial charge in [-0.15, -0.1) is 0 Å². The fourth-order valence-electron chi connectivity index (χ4n) is 2.37. The second-order valence-electron chi connectivity index (χ2n) is 5.35. The Hall–Kier alpha value is -3.63. The maximum atomic E-state index is 13.5. The van der Waals surface area contributed by atoms with Crippen molar-refractivity contribution in [1.82, 2.24) is 15.1 Å². The van der Waals surface area contributed by atoms with Gasteiger partial charge in [0.25, 0.3) is 11.6 Å². The van der Waals surface area contributed by atoms with Crippen LogP contribution in [0, 0.1) is 10.1 Å². The van der Waals surface area contributed by atoms with E-state index in [1.165, 1.54) is 6.26 Å². The first-order valence-corrected chi connectivity index (χ1v) is 7.48. The van der Waals surface area contributed by atoms with Crippen LogP contribution in [0.5, 0.6) is 0 Å². The molecule has 0 saturated carbocycles. The lowest BCUT2D eigenvalue weighted by Gasteiger charge is -2.12. The van der Waals surface area contributed by atoms with E-state index in [-0.39, 0.29) is 17.9 Å². The van der Waals surface area contributed by atoms with Gasteiger partial charge in [0, 0.05) is 12.1 Å². The zero-order valence-corrected chi connectivity index (χ0v) is 13.4. The van der Waals surface area contributed by atoms with Gasteiger partial charge < -0.3 is 9.73 Å². The molecule has 0 spiro atoms. The quantitative estimate of drug-likeness (QED) is 0.540. The number of carbonyl (C=O) groups excluding carboxylic acids is 1. The molecule has 8 nitrogen and oxygen atoms in total. The zero-order valence-electron chi connectivity index (χ0n) is 13.4. The molecule has 0 aliphatic rings. The summed E-state index contributed by atoms with van der Waals surface area (Å²) in [5, 5.41) is 16.6. The first kappa shape index (κ1) is 18.2. The molecule has 0 bridgehead atoms. The number of rotatable bonds is 5. The summed E-state index contributed by atoms with van der Waals surface area (Å²) in [4.78, 5) is 22.2. The second kappa shape index (κ2) is 6.94. The molecule has 0 saturated heterocycles. The Morgan fingerprint density at radius 3 is 2.52 bits per heavy atom. The Kier molecular flexibility index (Phi) is 4.67. The average molecular weight is 380 g/mol. The molecule has 1 aromatic carbocycles. The van der Waals surface area contributed by atoms with Crippen LogP contribution in [0.15, 0.2) is 53.3 Å². The first-order chi connectivity index (χ1) is 12.8. The summed E-state index contributed by atoms with van der Waals surface area (Å²) in [7, 11) is 0. The Bertz CT molecular complexity index is 963. The molecule has 2 heterocycles. The van der Waals surface area contributed by atoms with E-state index in [1.54, 1.807) is 12.1 Å². The van der Waals surface area contributed by atoms with E-state index in [4.69, 9.17) is 4.42 Å². The molecule has 2 aromatic heterocycles. The van der Waals surface area contributed by atoms with Crippen molar-refractivity contribution in [2.45, 2.75) is 12.7 Å². The van der Waals surface area contributed by atoms with E-state index < -0.39 is 28.3 Å². The van der Waals surface area contributed by atoms with Gasteiger partial charge in [-0.2, -0.15) is 18.3 Å². The molecular formula is C16H11F3N4O4. The van der Waals surface area contributed by atoms with Crippen LogP contribution in [-0.4, -0.2) is 20.6 Å². The van der Waals surface area contributed by atoms with E-state index in [2.05, 4.69) is 10.4 Å². The molecule has 0 aliphatic heterocycles. The monoisotopic (exact) mass is 380 g/mol. The predicted molar refractivity (Wildman–Crippen MR) is 85.1 cm³/mol. The second-order valence-corrected chi connectivity index (χ2v) is 5.35. The van der Waals surface area contributed by atoms with Crippen LogP contribution in [0.2, 0.25) is 0 Å². The highest BCUT2D eigenvalue weighted by atomic mass is 19.4. The third-order valence-corrected chi connectivity index (χ3v) is 3.59. The van der Waals surface area contributed by atoms with Gasteiger partial charge in [0.1, 0.15) is 5.76 Å². The van der Waals surface area contributed by atoms with Crippen LogP contribution in [0.25, 0.3) is 5.69 Å². The SMILES string of the molecule is O=C(NCc1ccco1)c1cnn(-c2ccc([N+](=O)[O-])cc2)c1C(F)(F)F. The number of carbonyl (C=O) groups is 1. The maximum Gasteiger partial charge on any atom is 0.434 e. The van der Waals surface area contributed by atoms with Crippen LogP contribution in [-0.2, 0) is 12.7 Å². The highest BCUT2D eigenvalue weighted by Gasteiger charge is 2.40. The average Bonchev–Trinajstić information content (AvgIpc) is 3.29. The number of hydrogen-bond acceptors (Lipinski definition) is 5. The number of hydrogen-bond donors (Lipinski definition) is 1. The number of aromatic nitrogens is 2. The summed E-state index contributed by atoms with van der Waals surface area (Å²) in [5.41, 5.74) is -2.31. The van der Waals surface area contributed by atoms with Gasteiger partial charge >= 0.3 is 6.18 Å². The highest BCUT2D eigenvalue weighted by Crippen LogP contribution is 2.34. The molecule has 0 unspecified atom stereocenters. The molecule has 11 heteroatoms. The Morgan fingerprint density at radius 2 is 1.96 bits per heavy atom. The molecule has 3 aromatic rings. The molecule has 0 radical (unpaired) electrons. The van der Waals surface area contributed by atoms with Crippen LogP contribution in [0.1, 0.15) is 21.8 Å². The lowest BCUT2D eigenvalue weighted by molar-refractivity contribution is -0.384. The van der Waals surface area contributed by atoms with E-state index in [0.29, 0.717) is 10.4 Å². The summed E-state index contributed by atoms with van der Waals surface area (Å²) in [6.45, 7) is -0.0914. The molecule has 0 fully saturated rings. The lowest BCUT2D eigenvalue weighted by atomic mass is 10.2. The number of nitrogens with one attached hydrogen (secondary N) is 1. The van der Waals surface area contributed by atoms with E-state index >= 15 is 0 Å². The van der Waals surface area contributed by atoms with Crippen molar-refractivity contribution in [3.05, 3.63) is 76.0 Å². The van der Waals surface area contributed by atoms with Crippen LogP contribution >= 0.6 is 0 Å². The molecular weight excluding hydrogens is 369 g/mol. The van der Waals surface area contributed by atoms with Gasteiger partial charge in [0.15, 0.2) is 5.69 Å². The maximum absolute atomic E-state index is 13.5. The minimum atomic E-state index is -4.88. The number of furan rings is 1. The molecule has 0 aliphatic carbocycles. The third kappa shape index (κ3) is 3.81. The third-order valence-electron chi connectivity index (χ3n) is 3.59. The fourth-order valence-corrected chi connectivity index (χ4v) is 2.37. The summed E-state index contributed by atoms with van der Waals surface area (Å²) < 4.78 is 46.2. The van der Waals surface area contributed by atoms with Crippen molar-refractivity contribution in [1.29, 1.82) is 0 Å². The van der Waals surface area contributed by atoms with Crippen LogP contribution < -0.4 is 5.32 Å². The summed E-state index contributed by atoms with van der Waals surface area (Å²) in [5.74, 6) is -0.605. The number of halogens is 3. The molecule has 3 rings (SSSR count). The van der Waals surface area contributed by atoms with Crippen molar-refractivity contribution in [3.8, 4) is 5.69 Å². The molecule has 1 amide bonds. The van der Waals surface area contributed by atoms with Gasteiger partial charge in [-0.05, 0) is 24.3 Å². The predicted octanol–water partition coefficient (Wildman–Crippen LogP) is 3.32. The first-order valence-electron chi connectivity index (χ1n) is 7.48. The van der Waals surface area contributed by atoms with Gasteiger partial charge in [0.05, 0.1) is 35.2 Å². The minimum absolute atomic E-state index is 0.0713. The molecule has 1 N–H and O–H groups in total. The summed E-state index contributed by atoms with van der Waals surface area (Å²) in [6, 6.07) is 7.47. The Balaban J connectivity index is 1.94. The number of amides is 1. The number of benzene rings is 1. The standard InChI is InChI=1S/C16H11F3N4O4/c17-16(18,19)14-13(15(24)20-8-12-2-1-7-27-12)9-21-22(14)10-3-5-11(6-4-10)23(25)26/h1-7,9H,8H2,(H,20,24). The van der Waals surface area contributed by atoms with Crippen molar-refractivity contribution in [3.63, 3.8) is 0 Å². The van der Waals surface area contributed by atoms with Crippen molar-refractivity contribution >= 4 is 11.6 Å². The van der Waals surface area contributed by atoms with Gasteiger partial charge in [-0.25, -0.2) is 4.68 Å². The summed E-state index contributed by atoms with van der Waals surface area (Å²) in [6.07, 6.45) is -2.72. The van der Waals surface area contributed by atoms with E-state index in [0.717, 1.165) is 30.5 Å². The van der Waals surface area contributed by atoms with Crippen molar-refractivity contribution in [2.24, 2.45) is 0 Å². The van der Waals surface area contributed by atoms with Gasteiger partial charge in [-0.1, -0.05) is 0 Å². The smallest absolute Gasteiger partial charge is 0.434 e. The zero-order chi connectivity index (χ0) is 19.6. The highest BCUT2D eigenvalue weighted by molar-refractivity contribution is 5.95. The topological polar surface area (TPSA) is 103 Å². The molecule has 27 heavy (non-hydrogen) atoms. The number of alkyl halides is 3. The van der Waals surface area contributed by atoms with E-state index in [9.17, 15) is 28.1 Å². The summed E-state index contributed by atoms with van der Waals surface area (Å²) >= 11 is 0. The minimum Gasteiger partial charge on any atom is -0.467 e. The van der Waals surface area contributed by atoms with Gasteiger partial charge in [0.2, 0.25) is 0 Å². The molecule has 140 valence electrons. The van der Waals surface area contributed by atoms with Crippen LogP contribution in [0.4, 0.5) is 18.9 Å². The van der Waals surface area contributed by atoms with Gasteiger partial charge in [-0.3, -0.25) is 14.9 Å². The molecule has 0 atom stereocenters. The largest absolute Gasteiger partial charge is 0.467 e. The number of non-ortho nitro benzene ring substituents is 1. The number of nitro benzene ring substituents is 1. The number of nitrogens with zero attached hydrogens (tertiary/aromatic N) is 3.